The molecule has 3 heterocycles. The molecule has 6 nitrogen and oxygen atoms in total. The van der Waals surface area contributed by atoms with E-state index in [1.54, 1.807) is 31.4 Å². The minimum Gasteiger partial charge on any atom is -0.497 e. The quantitative estimate of drug-likeness (QED) is 0.287. The number of carbonyl (C=O) groups is 3. The van der Waals surface area contributed by atoms with Gasteiger partial charge in [-0.15, -0.1) is 0 Å². The average molecular weight is 501 g/mol. The van der Waals surface area contributed by atoms with E-state index in [1.165, 1.54) is 4.90 Å². The molecule has 2 amide bonds. The van der Waals surface area contributed by atoms with Gasteiger partial charge in [0, 0.05) is 16.6 Å². The van der Waals surface area contributed by atoms with Crippen LogP contribution in [-0.2, 0) is 9.59 Å². The molecule has 3 aliphatic heterocycles. The van der Waals surface area contributed by atoms with Crippen molar-refractivity contribution in [3.8, 4) is 5.75 Å². The van der Waals surface area contributed by atoms with Gasteiger partial charge in [-0.2, -0.15) is 0 Å². The summed E-state index contributed by atoms with van der Waals surface area (Å²) >= 11 is 0. The summed E-state index contributed by atoms with van der Waals surface area (Å²) in [4.78, 5) is 45.8. The van der Waals surface area contributed by atoms with E-state index in [9.17, 15) is 14.4 Å². The molecule has 2 fully saturated rings. The fourth-order valence-electron chi connectivity index (χ4n) is 6.38. The molecule has 38 heavy (non-hydrogen) atoms. The fourth-order valence-corrected chi connectivity index (χ4v) is 6.38. The van der Waals surface area contributed by atoms with Crippen LogP contribution >= 0.6 is 0 Å². The highest BCUT2D eigenvalue weighted by Crippen LogP contribution is 2.50. The molecule has 186 valence electrons. The molecule has 0 spiro atoms. The molecule has 4 aromatic carbocycles. The smallest absolute Gasteiger partial charge is 0.240 e. The summed E-state index contributed by atoms with van der Waals surface area (Å²) in [6.07, 6.45) is 3.96. The van der Waals surface area contributed by atoms with Crippen LogP contribution in [0.1, 0.15) is 15.9 Å². The number of imide groups is 1. The summed E-state index contributed by atoms with van der Waals surface area (Å²) in [7, 11) is 1.57. The van der Waals surface area contributed by atoms with E-state index in [0.717, 1.165) is 22.0 Å². The Kier molecular flexibility index (Phi) is 4.98. The first-order valence-electron chi connectivity index (χ1n) is 12.7. The van der Waals surface area contributed by atoms with E-state index >= 15 is 0 Å². The third-order valence-corrected chi connectivity index (χ3v) is 8.07. The first-order chi connectivity index (χ1) is 18.6. The fraction of sp³-hybridized carbons (Fsp3) is 0.156. The molecule has 3 aliphatic rings. The van der Waals surface area contributed by atoms with E-state index in [2.05, 4.69) is 0 Å². The van der Waals surface area contributed by atoms with Crippen molar-refractivity contribution in [2.24, 2.45) is 11.8 Å². The summed E-state index contributed by atoms with van der Waals surface area (Å²) in [6.45, 7) is 0. The van der Waals surface area contributed by atoms with Crippen molar-refractivity contribution >= 4 is 45.8 Å². The number of amides is 2. The third kappa shape index (κ3) is 3.10. The van der Waals surface area contributed by atoms with Gasteiger partial charge in [0.1, 0.15) is 11.8 Å². The number of hydrogen-bond donors (Lipinski definition) is 0. The van der Waals surface area contributed by atoms with E-state index < -0.39 is 23.9 Å². The number of ether oxygens (including phenoxy) is 1. The maximum Gasteiger partial charge on any atom is 0.240 e. The van der Waals surface area contributed by atoms with Gasteiger partial charge >= 0.3 is 0 Å². The summed E-state index contributed by atoms with van der Waals surface area (Å²) in [5.41, 5.74) is 2.86. The van der Waals surface area contributed by atoms with Gasteiger partial charge < -0.3 is 9.64 Å². The zero-order chi connectivity index (χ0) is 26.0. The SMILES string of the molecule is COc1ccc(C(=O)[C@H]2[C@H]3C(=O)N(c4cccc5ccccc45)C(=O)[C@@H]3[C@H]3C=Cc4ccccc4N32)cc1. The molecule has 0 aliphatic carbocycles. The molecule has 0 saturated carbocycles. The first kappa shape index (κ1) is 22.5. The monoisotopic (exact) mass is 500 g/mol. The number of carbonyl (C=O) groups excluding carboxylic acids is 3. The summed E-state index contributed by atoms with van der Waals surface area (Å²) < 4.78 is 5.27. The van der Waals surface area contributed by atoms with Crippen LogP contribution in [0.3, 0.4) is 0 Å². The predicted molar refractivity (Wildman–Crippen MR) is 146 cm³/mol. The lowest BCUT2D eigenvalue weighted by Gasteiger charge is -2.36. The van der Waals surface area contributed by atoms with Crippen molar-refractivity contribution < 1.29 is 19.1 Å². The number of fused-ring (bicyclic) bond motifs is 6. The Morgan fingerprint density at radius 2 is 1.45 bits per heavy atom. The third-order valence-electron chi connectivity index (χ3n) is 8.07. The number of hydrogen-bond acceptors (Lipinski definition) is 5. The lowest BCUT2D eigenvalue weighted by molar-refractivity contribution is -0.122. The van der Waals surface area contributed by atoms with E-state index in [0.29, 0.717) is 17.0 Å². The normalized spacial score (nSPS) is 23.4. The largest absolute Gasteiger partial charge is 0.497 e. The van der Waals surface area contributed by atoms with Gasteiger partial charge in [0.2, 0.25) is 11.8 Å². The maximum atomic E-state index is 14.2. The minimum atomic E-state index is -0.819. The van der Waals surface area contributed by atoms with Crippen molar-refractivity contribution in [1.82, 2.24) is 0 Å². The maximum absolute atomic E-state index is 14.2. The van der Waals surface area contributed by atoms with Crippen LogP contribution in [-0.4, -0.2) is 36.8 Å². The van der Waals surface area contributed by atoms with Gasteiger partial charge in [0.25, 0.3) is 0 Å². The molecule has 6 heteroatoms. The molecule has 0 radical (unpaired) electrons. The molecular weight excluding hydrogens is 476 g/mol. The average Bonchev–Trinajstić information content (AvgIpc) is 3.44. The molecule has 4 atom stereocenters. The topological polar surface area (TPSA) is 66.9 Å². The van der Waals surface area contributed by atoms with Crippen molar-refractivity contribution in [2.75, 3.05) is 16.9 Å². The van der Waals surface area contributed by atoms with E-state index in [4.69, 9.17) is 4.74 Å². The Morgan fingerprint density at radius 3 is 2.26 bits per heavy atom. The van der Waals surface area contributed by atoms with Gasteiger partial charge in [0.15, 0.2) is 5.78 Å². The molecule has 7 rings (SSSR count). The molecule has 0 N–H and O–H groups in total. The van der Waals surface area contributed by atoms with Crippen LogP contribution in [0.5, 0.6) is 5.75 Å². The van der Waals surface area contributed by atoms with Gasteiger partial charge in [-0.1, -0.05) is 66.7 Å². The summed E-state index contributed by atoms with van der Waals surface area (Å²) in [6, 6.07) is 26.8. The molecule has 0 bridgehead atoms. The van der Waals surface area contributed by atoms with Gasteiger partial charge in [-0.3, -0.25) is 14.4 Å². The van der Waals surface area contributed by atoms with Crippen LogP contribution in [0.2, 0.25) is 0 Å². The lowest BCUT2D eigenvalue weighted by Crippen LogP contribution is -2.48. The predicted octanol–water partition coefficient (Wildman–Crippen LogP) is 5.12. The second-order valence-corrected chi connectivity index (χ2v) is 9.92. The second kappa shape index (κ2) is 8.42. The van der Waals surface area contributed by atoms with Gasteiger partial charge in [-0.05, 0) is 47.3 Å². The Morgan fingerprint density at radius 1 is 0.763 bits per heavy atom. The highest BCUT2D eigenvalue weighted by molar-refractivity contribution is 6.27. The lowest BCUT2D eigenvalue weighted by atomic mass is 9.86. The van der Waals surface area contributed by atoms with E-state index in [-0.39, 0.29) is 17.6 Å². The first-order valence-corrected chi connectivity index (χ1v) is 12.7. The summed E-state index contributed by atoms with van der Waals surface area (Å²) in [5, 5.41) is 1.78. The van der Waals surface area contributed by atoms with Crippen molar-refractivity contribution in [1.29, 1.82) is 0 Å². The highest BCUT2D eigenvalue weighted by atomic mass is 16.5. The number of Topliss-reactive ketones (excluding diaryl/α,β-unsaturated/α-hetero) is 1. The van der Waals surface area contributed by atoms with Crippen LogP contribution in [0.25, 0.3) is 16.8 Å². The van der Waals surface area contributed by atoms with Crippen LogP contribution in [0.4, 0.5) is 11.4 Å². The van der Waals surface area contributed by atoms with Crippen molar-refractivity contribution in [3.63, 3.8) is 0 Å². The number of nitrogens with zero attached hydrogens (tertiary/aromatic N) is 2. The highest BCUT2D eigenvalue weighted by Gasteiger charge is 2.64. The van der Waals surface area contributed by atoms with Crippen molar-refractivity contribution in [2.45, 2.75) is 12.1 Å². The standard InChI is InChI=1S/C32H24N2O4/c1-38-22-16-13-21(14-17-22)30(35)29-28-27(26-18-15-20-8-3-5-11-24(20)33(26)29)31(36)34(32(28)37)25-12-6-9-19-7-2-4-10-23(19)25/h2-18,26-29H,1H3/t26-,27-,28+,29-/m1/s1. The van der Waals surface area contributed by atoms with Crippen molar-refractivity contribution in [3.05, 3.63) is 108 Å². The molecule has 2 saturated heterocycles. The second-order valence-electron chi connectivity index (χ2n) is 9.92. The van der Waals surface area contributed by atoms with Crippen LogP contribution in [0, 0.1) is 11.8 Å². The number of ketones is 1. The number of rotatable bonds is 4. The number of anilines is 2. The molecule has 0 unspecified atom stereocenters. The Balaban J connectivity index is 1.38. The minimum absolute atomic E-state index is 0.184. The summed E-state index contributed by atoms with van der Waals surface area (Å²) in [5.74, 6) is -1.61. The zero-order valence-electron chi connectivity index (χ0n) is 20.7. The number of para-hydroxylation sites is 1. The molecular formula is C32H24N2O4. The van der Waals surface area contributed by atoms with Crippen LogP contribution in [0.15, 0.2) is 97.1 Å². The Bertz CT molecular complexity index is 1650. The Labute approximate surface area is 219 Å². The van der Waals surface area contributed by atoms with Crippen LogP contribution < -0.4 is 14.5 Å². The zero-order valence-corrected chi connectivity index (χ0v) is 20.7. The molecule has 0 aromatic heterocycles. The van der Waals surface area contributed by atoms with Gasteiger partial charge in [0.05, 0.1) is 30.7 Å². The Hall–Kier alpha value is -4.71. The number of benzene rings is 4. The molecule has 4 aromatic rings. The van der Waals surface area contributed by atoms with Gasteiger partial charge in [-0.25, -0.2) is 4.90 Å². The van der Waals surface area contributed by atoms with E-state index in [1.807, 2.05) is 83.8 Å². The number of methoxy groups -OCH3 is 1.